The van der Waals surface area contributed by atoms with Crippen LogP contribution >= 0.6 is 0 Å². The van der Waals surface area contributed by atoms with Crippen LogP contribution in [0.1, 0.15) is 19.6 Å². The number of hydrogen-bond donors (Lipinski definition) is 1. The first-order valence-corrected chi connectivity index (χ1v) is 3.60. The molecule has 13 heavy (non-hydrogen) atoms. The Hall–Kier alpha value is -1.40. The predicted molar refractivity (Wildman–Crippen MR) is 43.7 cm³/mol. The predicted octanol–water partition coefficient (Wildman–Crippen LogP) is 1.31. The van der Waals surface area contributed by atoms with Crippen molar-refractivity contribution in [1.29, 1.82) is 0 Å². The van der Waals surface area contributed by atoms with E-state index in [4.69, 9.17) is 10.3 Å². The molecule has 0 saturated carbocycles. The minimum absolute atomic E-state index is 0.319. The lowest BCUT2D eigenvalue weighted by atomic mass is 10.1. The van der Waals surface area contributed by atoms with E-state index in [9.17, 15) is 10.1 Å². The zero-order valence-corrected chi connectivity index (χ0v) is 7.31. The molecule has 0 saturated heterocycles. The minimum atomic E-state index is -0.853. The molecule has 0 aromatic carbocycles. The zero-order valence-electron chi connectivity index (χ0n) is 7.31. The summed E-state index contributed by atoms with van der Waals surface area (Å²) >= 11 is 0. The molecular formula is C7H10N2O4. The van der Waals surface area contributed by atoms with Gasteiger partial charge in [0.1, 0.15) is 16.3 Å². The largest absolute Gasteiger partial charge is 0.433 e. The van der Waals surface area contributed by atoms with Gasteiger partial charge < -0.3 is 4.42 Å². The van der Waals surface area contributed by atoms with Crippen LogP contribution in [0.25, 0.3) is 0 Å². The van der Waals surface area contributed by atoms with Gasteiger partial charge in [0, 0.05) is 0 Å². The molecule has 0 aliphatic heterocycles. The Morgan fingerprint density at radius 3 is 2.62 bits per heavy atom. The molecule has 6 nitrogen and oxygen atoms in total. The number of nitro groups is 1. The van der Waals surface area contributed by atoms with E-state index in [-0.39, 0.29) is 5.88 Å². The van der Waals surface area contributed by atoms with Gasteiger partial charge in [-0.25, -0.2) is 5.90 Å². The van der Waals surface area contributed by atoms with Crippen molar-refractivity contribution in [3.05, 3.63) is 28.0 Å². The second-order valence-corrected chi connectivity index (χ2v) is 3.02. The van der Waals surface area contributed by atoms with Crippen LogP contribution in [-0.4, -0.2) is 4.92 Å². The molecule has 1 heterocycles. The smallest absolute Gasteiger partial charge is 0.403 e. The Morgan fingerprint density at radius 1 is 1.62 bits per heavy atom. The molecule has 0 fully saturated rings. The van der Waals surface area contributed by atoms with Crippen molar-refractivity contribution in [1.82, 2.24) is 0 Å². The second-order valence-electron chi connectivity index (χ2n) is 3.02. The first kappa shape index (κ1) is 9.69. The molecule has 0 unspecified atom stereocenters. The van der Waals surface area contributed by atoms with Gasteiger partial charge in [0.2, 0.25) is 0 Å². The highest BCUT2D eigenvalue weighted by Gasteiger charge is 2.27. The van der Waals surface area contributed by atoms with Gasteiger partial charge in [-0.15, -0.1) is 0 Å². The SMILES string of the molecule is CC(C)(ON)c1ccc([N+](=O)[O-])o1. The van der Waals surface area contributed by atoms with Crippen molar-refractivity contribution in [2.45, 2.75) is 19.4 Å². The third kappa shape index (κ3) is 1.85. The van der Waals surface area contributed by atoms with E-state index in [2.05, 4.69) is 4.84 Å². The fraction of sp³-hybridized carbons (Fsp3) is 0.429. The minimum Gasteiger partial charge on any atom is -0.403 e. The van der Waals surface area contributed by atoms with Crippen LogP contribution in [0.3, 0.4) is 0 Å². The van der Waals surface area contributed by atoms with Crippen LogP contribution in [0.2, 0.25) is 0 Å². The van der Waals surface area contributed by atoms with E-state index in [1.165, 1.54) is 12.1 Å². The van der Waals surface area contributed by atoms with Gasteiger partial charge in [-0.3, -0.25) is 15.0 Å². The molecule has 2 N–H and O–H groups in total. The van der Waals surface area contributed by atoms with E-state index in [0.29, 0.717) is 5.76 Å². The molecule has 1 aromatic rings. The summed E-state index contributed by atoms with van der Waals surface area (Å²) in [7, 11) is 0. The van der Waals surface area contributed by atoms with Gasteiger partial charge in [0.15, 0.2) is 0 Å². The van der Waals surface area contributed by atoms with E-state index in [1.807, 2.05) is 0 Å². The summed E-state index contributed by atoms with van der Waals surface area (Å²) in [5, 5.41) is 10.3. The molecule has 0 spiro atoms. The van der Waals surface area contributed by atoms with E-state index < -0.39 is 10.5 Å². The first-order valence-electron chi connectivity index (χ1n) is 3.60. The van der Waals surface area contributed by atoms with Crippen molar-refractivity contribution in [3.8, 4) is 0 Å². The van der Waals surface area contributed by atoms with Crippen LogP contribution in [0.4, 0.5) is 5.88 Å². The standard InChI is InChI=1S/C7H10N2O4/c1-7(2,13-8)5-3-4-6(12-5)9(10)11/h3-4H,8H2,1-2H3. The Morgan fingerprint density at radius 2 is 2.23 bits per heavy atom. The lowest BCUT2D eigenvalue weighted by molar-refractivity contribution is -0.402. The van der Waals surface area contributed by atoms with E-state index in [0.717, 1.165) is 0 Å². The van der Waals surface area contributed by atoms with Crippen LogP contribution < -0.4 is 5.90 Å². The molecule has 0 atom stereocenters. The van der Waals surface area contributed by atoms with Crippen LogP contribution in [0, 0.1) is 10.1 Å². The molecule has 0 aliphatic rings. The van der Waals surface area contributed by atoms with Crippen molar-refractivity contribution in [3.63, 3.8) is 0 Å². The quantitative estimate of drug-likeness (QED) is 0.567. The van der Waals surface area contributed by atoms with Gasteiger partial charge in [-0.05, 0) is 19.9 Å². The average molecular weight is 186 g/mol. The van der Waals surface area contributed by atoms with Crippen molar-refractivity contribution >= 4 is 5.88 Å². The maximum atomic E-state index is 10.3. The average Bonchev–Trinajstić information content (AvgIpc) is 2.52. The number of nitrogens with zero attached hydrogens (tertiary/aromatic N) is 1. The number of furan rings is 1. The maximum absolute atomic E-state index is 10.3. The highest BCUT2D eigenvalue weighted by atomic mass is 16.7. The normalized spacial score (nSPS) is 11.6. The number of rotatable bonds is 3. The third-order valence-corrected chi connectivity index (χ3v) is 1.66. The second kappa shape index (κ2) is 3.15. The Labute approximate surface area is 74.4 Å². The van der Waals surface area contributed by atoms with Crippen LogP contribution in [-0.2, 0) is 10.4 Å². The monoisotopic (exact) mass is 186 g/mol. The lowest BCUT2D eigenvalue weighted by Crippen LogP contribution is -2.24. The molecule has 72 valence electrons. The van der Waals surface area contributed by atoms with Crippen LogP contribution in [0.15, 0.2) is 16.5 Å². The summed E-state index contributed by atoms with van der Waals surface area (Å²) in [5.41, 5.74) is -0.853. The third-order valence-electron chi connectivity index (χ3n) is 1.66. The molecule has 1 aromatic heterocycles. The summed E-state index contributed by atoms with van der Waals surface area (Å²) in [4.78, 5) is 14.3. The van der Waals surface area contributed by atoms with E-state index in [1.54, 1.807) is 13.8 Å². The first-order chi connectivity index (χ1) is 5.97. The maximum Gasteiger partial charge on any atom is 0.433 e. The fourth-order valence-electron chi connectivity index (χ4n) is 0.807. The highest BCUT2D eigenvalue weighted by Crippen LogP contribution is 2.27. The van der Waals surface area contributed by atoms with Crippen molar-refractivity contribution in [2.24, 2.45) is 5.90 Å². The molecule has 0 amide bonds. The zero-order chi connectivity index (χ0) is 10.1. The summed E-state index contributed by atoms with van der Waals surface area (Å²) in [6.45, 7) is 3.30. The summed E-state index contributed by atoms with van der Waals surface area (Å²) in [5.74, 6) is 5.00. The number of nitrogens with two attached hydrogens (primary N) is 1. The Bertz CT molecular complexity index is 318. The summed E-state index contributed by atoms with van der Waals surface area (Å²) < 4.78 is 4.90. The van der Waals surface area contributed by atoms with E-state index >= 15 is 0 Å². The molecular weight excluding hydrogens is 176 g/mol. The molecule has 6 heteroatoms. The molecule has 0 aliphatic carbocycles. The topological polar surface area (TPSA) is 91.5 Å². The van der Waals surface area contributed by atoms with Gasteiger partial charge in [-0.2, -0.15) is 0 Å². The van der Waals surface area contributed by atoms with Gasteiger partial charge in [0.25, 0.3) is 0 Å². The number of hydrogen-bond acceptors (Lipinski definition) is 5. The molecule has 1 rings (SSSR count). The van der Waals surface area contributed by atoms with Gasteiger partial charge in [-0.1, -0.05) is 0 Å². The molecule has 0 radical (unpaired) electrons. The van der Waals surface area contributed by atoms with Crippen LogP contribution in [0.5, 0.6) is 0 Å². The Balaban J connectivity index is 2.98. The van der Waals surface area contributed by atoms with Crippen molar-refractivity contribution < 1.29 is 14.2 Å². The molecule has 0 bridgehead atoms. The fourth-order valence-corrected chi connectivity index (χ4v) is 0.807. The highest BCUT2D eigenvalue weighted by molar-refractivity contribution is 5.20. The Kier molecular flexibility index (Phi) is 2.35. The summed E-state index contributed by atoms with van der Waals surface area (Å²) in [6.07, 6.45) is 0. The van der Waals surface area contributed by atoms with Gasteiger partial charge >= 0.3 is 5.88 Å². The van der Waals surface area contributed by atoms with Crippen molar-refractivity contribution in [2.75, 3.05) is 0 Å². The van der Waals surface area contributed by atoms with Gasteiger partial charge in [0.05, 0.1) is 6.07 Å². The summed E-state index contributed by atoms with van der Waals surface area (Å²) in [6, 6.07) is 2.72. The lowest BCUT2D eigenvalue weighted by Gasteiger charge is -2.17.